The van der Waals surface area contributed by atoms with E-state index in [-0.39, 0.29) is 18.2 Å². The quantitative estimate of drug-likeness (QED) is 0.810. The summed E-state index contributed by atoms with van der Waals surface area (Å²) >= 11 is 0. The summed E-state index contributed by atoms with van der Waals surface area (Å²) in [7, 11) is 3.22. The van der Waals surface area contributed by atoms with Crippen LogP contribution in [0.1, 0.15) is 18.9 Å². The molecule has 3 N–H and O–H groups in total. The summed E-state index contributed by atoms with van der Waals surface area (Å²) in [5, 5.41) is 2.52. The minimum Gasteiger partial charge on any atom is -0.359 e. The molecule has 0 saturated carbocycles. The maximum atomic E-state index is 12.3. The van der Waals surface area contributed by atoms with Gasteiger partial charge in [0, 0.05) is 27.1 Å². The fraction of sp³-hybridized carbons (Fsp3) is 0.429. The normalized spacial score (nSPS) is 13.5. The third kappa shape index (κ3) is 3.79. The predicted molar refractivity (Wildman–Crippen MR) is 74.3 cm³/mol. The first-order valence-corrected chi connectivity index (χ1v) is 6.20. The molecular formula is C14H21N3O2. The summed E-state index contributed by atoms with van der Waals surface area (Å²) in [4.78, 5) is 25.0. The van der Waals surface area contributed by atoms with E-state index in [1.165, 1.54) is 4.90 Å². The number of rotatable bonds is 5. The zero-order chi connectivity index (χ0) is 14.5. The van der Waals surface area contributed by atoms with E-state index in [0.717, 1.165) is 5.56 Å². The number of nitrogens with one attached hydrogen (secondary N) is 1. The molecule has 1 aromatic rings. The minimum atomic E-state index is -1.08. The number of hydrogen-bond donors (Lipinski definition) is 2. The molecule has 0 aliphatic carbocycles. The average Bonchev–Trinajstić information content (AvgIpc) is 2.44. The van der Waals surface area contributed by atoms with E-state index < -0.39 is 5.54 Å². The third-order valence-corrected chi connectivity index (χ3v) is 3.12. The molecule has 0 saturated heterocycles. The van der Waals surface area contributed by atoms with E-state index in [1.807, 2.05) is 30.3 Å². The molecule has 19 heavy (non-hydrogen) atoms. The van der Waals surface area contributed by atoms with Gasteiger partial charge in [0.05, 0.1) is 0 Å². The Hall–Kier alpha value is -1.88. The number of benzene rings is 1. The molecule has 0 heterocycles. The number of nitrogens with two attached hydrogens (primary N) is 1. The van der Waals surface area contributed by atoms with E-state index in [9.17, 15) is 9.59 Å². The molecule has 0 bridgehead atoms. The highest BCUT2D eigenvalue weighted by Crippen LogP contribution is 2.19. The Morgan fingerprint density at radius 2 is 1.89 bits per heavy atom. The summed E-state index contributed by atoms with van der Waals surface area (Å²) in [5.74, 6) is -0.305. The number of carbonyl (C=O) groups is 2. The van der Waals surface area contributed by atoms with Crippen LogP contribution >= 0.6 is 0 Å². The van der Waals surface area contributed by atoms with Gasteiger partial charge >= 0.3 is 0 Å². The monoisotopic (exact) mass is 263 g/mol. The molecule has 2 amide bonds. The van der Waals surface area contributed by atoms with Crippen LogP contribution in [0.3, 0.4) is 0 Å². The second kappa shape index (κ2) is 6.33. The Bertz CT molecular complexity index is 443. The van der Waals surface area contributed by atoms with Crippen LogP contribution in [0.5, 0.6) is 0 Å². The van der Waals surface area contributed by atoms with Crippen molar-refractivity contribution in [3.05, 3.63) is 35.9 Å². The van der Waals surface area contributed by atoms with Gasteiger partial charge in [-0.25, -0.2) is 0 Å². The third-order valence-electron chi connectivity index (χ3n) is 3.12. The van der Waals surface area contributed by atoms with Gasteiger partial charge in [0.25, 0.3) is 0 Å². The first-order chi connectivity index (χ1) is 8.89. The maximum Gasteiger partial charge on any atom is 0.246 e. The summed E-state index contributed by atoms with van der Waals surface area (Å²) in [5.41, 5.74) is 5.80. The molecule has 5 heteroatoms. The van der Waals surface area contributed by atoms with Crippen molar-refractivity contribution in [2.45, 2.75) is 18.9 Å². The molecule has 0 aliphatic rings. The SMILES string of the molecule is CNC(=O)CCN(C)C(=O)C(C)(N)c1ccccc1. The minimum absolute atomic E-state index is 0.0990. The molecule has 0 spiro atoms. The second-order valence-corrected chi connectivity index (χ2v) is 4.72. The first-order valence-electron chi connectivity index (χ1n) is 6.20. The Balaban J connectivity index is 2.73. The van der Waals surface area contributed by atoms with Crippen LogP contribution in [0.25, 0.3) is 0 Å². The fourth-order valence-electron chi connectivity index (χ4n) is 1.80. The van der Waals surface area contributed by atoms with Gasteiger partial charge < -0.3 is 16.0 Å². The second-order valence-electron chi connectivity index (χ2n) is 4.72. The molecule has 1 aromatic carbocycles. The van der Waals surface area contributed by atoms with E-state index in [0.29, 0.717) is 6.54 Å². The Morgan fingerprint density at radius 3 is 2.42 bits per heavy atom. The topological polar surface area (TPSA) is 75.4 Å². The van der Waals surface area contributed by atoms with Crippen LogP contribution in [0.4, 0.5) is 0 Å². The summed E-state index contributed by atoms with van der Waals surface area (Å²) in [6.45, 7) is 2.03. The van der Waals surface area contributed by atoms with E-state index in [1.54, 1.807) is 21.0 Å². The molecule has 0 radical (unpaired) electrons. The molecule has 1 unspecified atom stereocenters. The van der Waals surface area contributed by atoms with Crippen molar-refractivity contribution < 1.29 is 9.59 Å². The maximum absolute atomic E-state index is 12.3. The van der Waals surface area contributed by atoms with E-state index in [2.05, 4.69) is 5.32 Å². The van der Waals surface area contributed by atoms with E-state index >= 15 is 0 Å². The highest BCUT2D eigenvalue weighted by molar-refractivity contribution is 5.87. The van der Waals surface area contributed by atoms with Crippen molar-refractivity contribution >= 4 is 11.8 Å². The van der Waals surface area contributed by atoms with Crippen molar-refractivity contribution in [3.63, 3.8) is 0 Å². The summed E-state index contributed by atoms with van der Waals surface area (Å²) in [6, 6.07) is 9.21. The average molecular weight is 263 g/mol. The van der Waals surface area contributed by atoms with Gasteiger partial charge in [-0.1, -0.05) is 30.3 Å². The fourth-order valence-corrected chi connectivity index (χ4v) is 1.80. The molecular weight excluding hydrogens is 242 g/mol. The number of hydrogen-bond acceptors (Lipinski definition) is 3. The summed E-state index contributed by atoms with van der Waals surface area (Å²) < 4.78 is 0. The lowest BCUT2D eigenvalue weighted by Crippen LogP contribution is -2.50. The van der Waals surface area contributed by atoms with Crippen molar-refractivity contribution in [1.29, 1.82) is 0 Å². The highest BCUT2D eigenvalue weighted by atomic mass is 16.2. The van der Waals surface area contributed by atoms with Crippen LogP contribution in [-0.2, 0) is 15.1 Å². The smallest absolute Gasteiger partial charge is 0.246 e. The Morgan fingerprint density at radius 1 is 1.32 bits per heavy atom. The zero-order valence-corrected chi connectivity index (χ0v) is 11.6. The highest BCUT2D eigenvalue weighted by Gasteiger charge is 2.32. The van der Waals surface area contributed by atoms with Gasteiger partial charge in [0.15, 0.2) is 0 Å². The van der Waals surface area contributed by atoms with Crippen molar-refractivity contribution in [3.8, 4) is 0 Å². The van der Waals surface area contributed by atoms with Crippen LogP contribution in [0, 0.1) is 0 Å². The van der Waals surface area contributed by atoms with Crippen LogP contribution < -0.4 is 11.1 Å². The molecule has 1 rings (SSSR count). The van der Waals surface area contributed by atoms with Crippen LogP contribution in [0.2, 0.25) is 0 Å². The van der Waals surface area contributed by atoms with Gasteiger partial charge in [0.1, 0.15) is 5.54 Å². The number of likely N-dealkylation sites (N-methyl/N-ethyl adjacent to an activating group) is 1. The molecule has 5 nitrogen and oxygen atoms in total. The Kier molecular flexibility index (Phi) is 5.06. The van der Waals surface area contributed by atoms with Crippen LogP contribution in [-0.4, -0.2) is 37.4 Å². The summed E-state index contributed by atoms with van der Waals surface area (Å²) in [6.07, 6.45) is 0.267. The first kappa shape index (κ1) is 15.2. The standard InChI is InChI=1S/C14H21N3O2/c1-14(15,11-7-5-4-6-8-11)13(19)17(3)10-9-12(18)16-2/h4-8H,9-10,15H2,1-3H3,(H,16,18). The van der Waals surface area contributed by atoms with Crippen LogP contribution in [0.15, 0.2) is 30.3 Å². The molecule has 0 aliphatic heterocycles. The number of amides is 2. The largest absolute Gasteiger partial charge is 0.359 e. The number of carbonyl (C=O) groups excluding carboxylic acids is 2. The lowest BCUT2D eigenvalue weighted by Gasteiger charge is -2.29. The van der Waals surface area contributed by atoms with Crippen molar-refractivity contribution in [2.24, 2.45) is 5.73 Å². The lowest BCUT2D eigenvalue weighted by molar-refractivity contribution is -0.135. The van der Waals surface area contributed by atoms with Crippen molar-refractivity contribution in [2.75, 3.05) is 20.6 Å². The van der Waals surface area contributed by atoms with Crippen molar-refractivity contribution in [1.82, 2.24) is 10.2 Å². The van der Waals surface area contributed by atoms with Gasteiger partial charge in [-0.05, 0) is 12.5 Å². The molecule has 1 atom stereocenters. The number of nitrogens with zero attached hydrogens (tertiary/aromatic N) is 1. The van der Waals surface area contributed by atoms with Gasteiger partial charge in [-0.2, -0.15) is 0 Å². The predicted octanol–water partition coefficient (Wildman–Crippen LogP) is 0.455. The Labute approximate surface area is 113 Å². The molecule has 0 fully saturated rings. The van der Waals surface area contributed by atoms with Gasteiger partial charge in [-0.15, -0.1) is 0 Å². The van der Waals surface area contributed by atoms with Gasteiger partial charge in [-0.3, -0.25) is 9.59 Å². The molecule has 104 valence electrons. The lowest BCUT2D eigenvalue weighted by atomic mass is 9.92. The van der Waals surface area contributed by atoms with E-state index in [4.69, 9.17) is 5.73 Å². The molecule has 0 aromatic heterocycles. The van der Waals surface area contributed by atoms with Gasteiger partial charge in [0.2, 0.25) is 11.8 Å². The zero-order valence-electron chi connectivity index (χ0n) is 11.6.